The normalized spacial score (nSPS) is 10.8. The van der Waals surface area contributed by atoms with E-state index in [2.05, 4.69) is 65.0 Å². The van der Waals surface area contributed by atoms with E-state index in [1.807, 2.05) is 12.1 Å². The zero-order valence-electron chi connectivity index (χ0n) is 16.2. The van der Waals surface area contributed by atoms with E-state index in [4.69, 9.17) is 21.1 Å². The Balaban J connectivity index is 1.68. The molecule has 0 aliphatic carbocycles. The molecule has 3 rings (SSSR count). The van der Waals surface area contributed by atoms with Crippen molar-refractivity contribution in [3.63, 3.8) is 0 Å². The van der Waals surface area contributed by atoms with Gasteiger partial charge in [-0.25, -0.2) is 10.2 Å². The second-order valence-corrected chi connectivity index (χ2v) is 9.58. The van der Waals surface area contributed by atoms with Crippen LogP contribution in [0.15, 0.2) is 74.7 Å². The maximum Gasteiger partial charge on any atom is 0.344 e. The standard InChI is InChI=1S/C22H14Br2ClIN2O4/c23-14-9-13(11-27-28-20(29)12-31-16-7-5-15(25)6-8-16)21(18(24)10-14)32-22(30)17-3-1-2-4-19(17)26/h1-11H,12H2,(H,28,29)/b27-11-. The number of hydrogen-bond donors (Lipinski definition) is 1. The summed E-state index contributed by atoms with van der Waals surface area (Å²) in [7, 11) is 0. The van der Waals surface area contributed by atoms with Crippen molar-refractivity contribution in [2.75, 3.05) is 6.61 Å². The van der Waals surface area contributed by atoms with Gasteiger partial charge in [-0.1, -0.05) is 39.7 Å². The third-order valence-corrected chi connectivity index (χ3v) is 6.14. The Morgan fingerprint density at radius 1 is 1.09 bits per heavy atom. The van der Waals surface area contributed by atoms with Gasteiger partial charge < -0.3 is 9.47 Å². The SMILES string of the molecule is O=C(COc1ccc(Cl)cc1)N/N=C\c1cc(Br)cc(Br)c1OC(=O)c1ccccc1I. The summed E-state index contributed by atoms with van der Waals surface area (Å²) >= 11 is 14.7. The second-order valence-electron chi connectivity index (χ2n) is 6.21. The van der Waals surface area contributed by atoms with Crippen LogP contribution in [0.5, 0.6) is 11.5 Å². The smallest absolute Gasteiger partial charge is 0.344 e. The molecule has 0 aromatic heterocycles. The molecule has 3 aromatic rings. The van der Waals surface area contributed by atoms with Crippen LogP contribution in [-0.2, 0) is 4.79 Å². The zero-order chi connectivity index (χ0) is 23.1. The summed E-state index contributed by atoms with van der Waals surface area (Å²) in [5, 5.41) is 4.52. The molecule has 32 heavy (non-hydrogen) atoms. The highest BCUT2D eigenvalue weighted by molar-refractivity contribution is 14.1. The Bertz CT molecular complexity index is 1170. The molecule has 0 spiro atoms. The van der Waals surface area contributed by atoms with Crippen LogP contribution in [0.3, 0.4) is 0 Å². The van der Waals surface area contributed by atoms with E-state index < -0.39 is 11.9 Å². The molecule has 0 aliphatic rings. The predicted molar refractivity (Wildman–Crippen MR) is 139 cm³/mol. The quantitative estimate of drug-likeness (QED) is 0.105. The van der Waals surface area contributed by atoms with Crippen molar-refractivity contribution in [1.82, 2.24) is 5.43 Å². The molecule has 1 amide bonds. The van der Waals surface area contributed by atoms with Crippen LogP contribution in [0.4, 0.5) is 0 Å². The van der Waals surface area contributed by atoms with Gasteiger partial charge in [-0.2, -0.15) is 5.10 Å². The first-order chi connectivity index (χ1) is 15.3. The second kappa shape index (κ2) is 11.8. The topological polar surface area (TPSA) is 77.0 Å². The van der Waals surface area contributed by atoms with Crippen LogP contribution in [-0.4, -0.2) is 24.7 Å². The number of nitrogens with one attached hydrogen (secondary N) is 1. The Kier molecular flexibility index (Phi) is 9.09. The fourth-order valence-corrected chi connectivity index (χ4v) is 4.52. The molecule has 164 valence electrons. The summed E-state index contributed by atoms with van der Waals surface area (Å²) in [4.78, 5) is 24.7. The van der Waals surface area contributed by atoms with Crippen LogP contribution >= 0.6 is 66.1 Å². The third-order valence-electron chi connectivity index (χ3n) is 3.90. The Morgan fingerprint density at radius 3 is 2.53 bits per heavy atom. The minimum atomic E-state index is -0.506. The minimum absolute atomic E-state index is 0.227. The molecule has 0 heterocycles. The summed E-state index contributed by atoms with van der Waals surface area (Å²) in [6.07, 6.45) is 1.38. The highest BCUT2D eigenvalue weighted by atomic mass is 127. The molecule has 0 atom stereocenters. The van der Waals surface area contributed by atoms with Gasteiger partial charge in [0.05, 0.1) is 16.3 Å². The van der Waals surface area contributed by atoms with Gasteiger partial charge in [0.15, 0.2) is 12.4 Å². The van der Waals surface area contributed by atoms with E-state index in [0.29, 0.717) is 26.4 Å². The van der Waals surface area contributed by atoms with Gasteiger partial charge in [-0.05, 0) is 87.1 Å². The van der Waals surface area contributed by atoms with Gasteiger partial charge in [-0.3, -0.25) is 4.79 Å². The highest BCUT2D eigenvalue weighted by Crippen LogP contribution is 2.33. The first-order valence-corrected chi connectivity index (χ1v) is 12.0. The van der Waals surface area contributed by atoms with Gasteiger partial charge in [0.1, 0.15) is 5.75 Å². The van der Waals surface area contributed by atoms with Crippen LogP contribution in [0, 0.1) is 3.57 Å². The monoisotopic (exact) mass is 690 g/mol. The summed E-state index contributed by atoms with van der Waals surface area (Å²) in [6, 6.07) is 17.2. The fourth-order valence-electron chi connectivity index (χ4n) is 2.44. The van der Waals surface area contributed by atoms with E-state index in [1.54, 1.807) is 48.5 Å². The first kappa shape index (κ1) is 24.7. The molecule has 0 radical (unpaired) electrons. The number of hydrogen-bond acceptors (Lipinski definition) is 5. The number of halogens is 4. The van der Waals surface area contributed by atoms with Crippen LogP contribution < -0.4 is 14.9 Å². The summed E-state index contributed by atoms with van der Waals surface area (Å²) in [5.41, 5.74) is 3.30. The number of nitrogens with zero attached hydrogens (tertiary/aromatic N) is 1. The number of ether oxygens (including phenoxy) is 2. The summed E-state index contributed by atoms with van der Waals surface area (Å²) in [5.74, 6) is -0.182. The number of rotatable bonds is 7. The molecule has 0 saturated carbocycles. The molecule has 3 aromatic carbocycles. The average molecular weight is 693 g/mol. The fraction of sp³-hybridized carbons (Fsp3) is 0.0455. The molecule has 0 saturated heterocycles. The van der Waals surface area contributed by atoms with E-state index in [-0.39, 0.29) is 12.4 Å². The highest BCUT2D eigenvalue weighted by Gasteiger charge is 2.17. The Labute approximate surface area is 219 Å². The first-order valence-electron chi connectivity index (χ1n) is 8.99. The van der Waals surface area contributed by atoms with Gasteiger partial charge in [0.25, 0.3) is 5.91 Å². The molecule has 0 bridgehead atoms. The van der Waals surface area contributed by atoms with Gasteiger partial charge in [0, 0.05) is 18.6 Å². The average Bonchev–Trinajstić information content (AvgIpc) is 2.76. The van der Waals surface area contributed by atoms with E-state index in [9.17, 15) is 9.59 Å². The zero-order valence-corrected chi connectivity index (χ0v) is 22.2. The number of carbonyl (C=O) groups excluding carboxylic acids is 2. The van der Waals surface area contributed by atoms with Crippen molar-refractivity contribution in [2.24, 2.45) is 5.10 Å². The summed E-state index contributed by atoms with van der Waals surface area (Å²) < 4.78 is 13.0. The molecule has 1 N–H and O–H groups in total. The lowest BCUT2D eigenvalue weighted by atomic mass is 10.2. The minimum Gasteiger partial charge on any atom is -0.484 e. The summed E-state index contributed by atoms with van der Waals surface area (Å²) in [6.45, 7) is -0.227. The van der Waals surface area contributed by atoms with Crippen LogP contribution in [0.2, 0.25) is 5.02 Å². The van der Waals surface area contributed by atoms with Gasteiger partial charge in [0.2, 0.25) is 0 Å². The van der Waals surface area contributed by atoms with Gasteiger partial charge in [-0.15, -0.1) is 0 Å². The largest absolute Gasteiger partial charge is 0.484 e. The van der Waals surface area contributed by atoms with Crippen molar-refractivity contribution in [2.45, 2.75) is 0 Å². The maximum atomic E-state index is 12.6. The lowest BCUT2D eigenvalue weighted by Gasteiger charge is -2.11. The van der Waals surface area contributed by atoms with Crippen molar-refractivity contribution >= 4 is 84.1 Å². The van der Waals surface area contributed by atoms with Crippen molar-refractivity contribution in [3.05, 3.63) is 89.3 Å². The molecule has 0 aliphatic heterocycles. The van der Waals surface area contributed by atoms with Crippen molar-refractivity contribution in [1.29, 1.82) is 0 Å². The predicted octanol–water partition coefficient (Wildman–Crippen LogP) is 6.22. The lowest BCUT2D eigenvalue weighted by molar-refractivity contribution is -0.123. The van der Waals surface area contributed by atoms with E-state index >= 15 is 0 Å². The molecule has 0 fully saturated rings. The number of amides is 1. The maximum absolute atomic E-state index is 12.6. The number of esters is 1. The van der Waals surface area contributed by atoms with Gasteiger partial charge >= 0.3 is 5.97 Å². The Morgan fingerprint density at radius 2 is 1.81 bits per heavy atom. The third kappa shape index (κ3) is 7.03. The van der Waals surface area contributed by atoms with E-state index in [0.717, 1.165) is 8.04 Å². The van der Waals surface area contributed by atoms with Crippen molar-refractivity contribution < 1.29 is 19.1 Å². The number of carbonyl (C=O) groups is 2. The van der Waals surface area contributed by atoms with Crippen molar-refractivity contribution in [3.8, 4) is 11.5 Å². The van der Waals surface area contributed by atoms with E-state index in [1.165, 1.54) is 6.21 Å². The number of benzene rings is 3. The molecule has 6 nitrogen and oxygen atoms in total. The molecular weight excluding hydrogens is 678 g/mol. The van der Waals surface area contributed by atoms with Crippen LogP contribution in [0.25, 0.3) is 0 Å². The molecule has 0 unspecified atom stereocenters. The lowest BCUT2D eigenvalue weighted by Crippen LogP contribution is -2.24. The van der Waals surface area contributed by atoms with Crippen LogP contribution in [0.1, 0.15) is 15.9 Å². The number of hydrazone groups is 1. The Hall–Kier alpha value is -1.95. The molecular formula is C22H14Br2ClIN2O4. The molecule has 10 heteroatoms.